The number of thioether (sulfide) groups is 1. The van der Waals surface area contributed by atoms with Crippen LogP contribution in [-0.4, -0.2) is 30.3 Å². The van der Waals surface area contributed by atoms with E-state index in [9.17, 15) is 4.79 Å². The lowest BCUT2D eigenvalue weighted by molar-refractivity contribution is -0.128. The van der Waals surface area contributed by atoms with Crippen LogP contribution in [0.5, 0.6) is 0 Å². The minimum Gasteiger partial charge on any atom is -0.356 e. The normalized spacial score (nSPS) is 11.4. The van der Waals surface area contributed by atoms with Gasteiger partial charge in [0.15, 0.2) is 0 Å². The summed E-state index contributed by atoms with van der Waals surface area (Å²) >= 11 is 7.52. The Balaban J connectivity index is 3.54. The third kappa shape index (κ3) is 5.76. The number of halogens is 1. The molecule has 14 heavy (non-hydrogen) atoms. The van der Waals surface area contributed by atoms with E-state index in [2.05, 4.69) is 11.6 Å². The Bertz CT molecular complexity index is 174. The van der Waals surface area contributed by atoms with Gasteiger partial charge in [-0.1, -0.05) is 0 Å². The van der Waals surface area contributed by atoms with E-state index in [1.165, 1.54) is 0 Å². The van der Waals surface area contributed by atoms with Crippen LogP contribution in [0, 0.1) is 5.41 Å². The molecule has 1 amide bonds. The maximum Gasteiger partial charge on any atom is 0.226 e. The topological polar surface area (TPSA) is 29.1 Å². The number of alkyl halides is 1. The van der Waals surface area contributed by atoms with Gasteiger partial charge in [-0.3, -0.25) is 4.79 Å². The largest absolute Gasteiger partial charge is 0.356 e. The summed E-state index contributed by atoms with van der Waals surface area (Å²) in [5.74, 6) is 1.58. The molecular formula is C10H20ClNOS. The Morgan fingerprint density at radius 2 is 2.07 bits per heavy atom. The molecule has 1 N–H and O–H groups in total. The molecule has 0 rings (SSSR count). The minimum atomic E-state index is -0.443. The van der Waals surface area contributed by atoms with Crippen LogP contribution < -0.4 is 5.32 Å². The molecule has 0 saturated heterocycles. The van der Waals surface area contributed by atoms with Crippen LogP contribution in [0.15, 0.2) is 0 Å². The summed E-state index contributed by atoms with van der Waals surface area (Å²) in [7, 11) is 0. The molecule has 0 atom stereocenters. The zero-order chi connectivity index (χ0) is 11.0. The van der Waals surface area contributed by atoms with Crippen LogP contribution in [0.3, 0.4) is 0 Å². The third-order valence-corrected chi connectivity index (χ3v) is 3.37. The Hall–Kier alpha value is 0.110. The van der Waals surface area contributed by atoms with Gasteiger partial charge in [0.05, 0.1) is 5.41 Å². The molecule has 2 nitrogen and oxygen atoms in total. The van der Waals surface area contributed by atoms with E-state index in [1.807, 2.05) is 25.6 Å². The van der Waals surface area contributed by atoms with Gasteiger partial charge in [0.25, 0.3) is 0 Å². The van der Waals surface area contributed by atoms with E-state index < -0.39 is 5.41 Å². The second-order valence-electron chi connectivity index (χ2n) is 3.97. The average molecular weight is 238 g/mol. The smallest absolute Gasteiger partial charge is 0.226 e. The van der Waals surface area contributed by atoms with Gasteiger partial charge >= 0.3 is 0 Å². The zero-order valence-electron chi connectivity index (χ0n) is 9.23. The van der Waals surface area contributed by atoms with Crippen molar-refractivity contribution in [2.75, 3.05) is 24.4 Å². The first kappa shape index (κ1) is 14.1. The van der Waals surface area contributed by atoms with E-state index in [1.54, 1.807) is 0 Å². The number of carbonyl (C=O) groups excluding carboxylic acids is 1. The summed E-state index contributed by atoms with van der Waals surface area (Å²) in [4.78, 5) is 11.5. The molecule has 0 aliphatic heterocycles. The lowest BCUT2D eigenvalue weighted by atomic mass is 9.95. The zero-order valence-corrected chi connectivity index (χ0v) is 10.8. The third-order valence-electron chi connectivity index (χ3n) is 2.01. The van der Waals surface area contributed by atoms with Crippen molar-refractivity contribution < 1.29 is 4.79 Å². The lowest BCUT2D eigenvalue weighted by Gasteiger charge is -2.20. The Morgan fingerprint density at radius 3 is 2.57 bits per heavy atom. The number of hydrogen-bond donors (Lipinski definition) is 1. The molecular weight excluding hydrogens is 218 g/mol. The Labute approximate surface area is 96.2 Å². The predicted molar refractivity (Wildman–Crippen MR) is 65.1 cm³/mol. The van der Waals surface area contributed by atoms with Gasteiger partial charge in [-0.25, -0.2) is 0 Å². The highest BCUT2D eigenvalue weighted by atomic mass is 35.5. The van der Waals surface area contributed by atoms with Crippen molar-refractivity contribution in [3.8, 4) is 0 Å². The Kier molecular flexibility index (Phi) is 7.47. The monoisotopic (exact) mass is 237 g/mol. The molecule has 0 bridgehead atoms. The van der Waals surface area contributed by atoms with Gasteiger partial charge in [0, 0.05) is 12.4 Å². The fraction of sp³-hybridized carbons (Fsp3) is 0.900. The van der Waals surface area contributed by atoms with Crippen molar-refractivity contribution in [3.63, 3.8) is 0 Å². The van der Waals surface area contributed by atoms with Gasteiger partial charge < -0.3 is 5.32 Å². The van der Waals surface area contributed by atoms with Crippen LogP contribution >= 0.6 is 23.4 Å². The maximum atomic E-state index is 11.5. The first-order chi connectivity index (χ1) is 6.54. The Morgan fingerprint density at radius 1 is 1.43 bits per heavy atom. The molecule has 0 spiro atoms. The predicted octanol–water partition coefficient (Wildman–Crippen LogP) is 2.51. The van der Waals surface area contributed by atoms with Crippen LogP contribution in [0.25, 0.3) is 0 Å². The van der Waals surface area contributed by atoms with E-state index in [0.717, 1.165) is 25.1 Å². The number of hydrogen-bond acceptors (Lipinski definition) is 2. The second-order valence-corrected chi connectivity index (χ2v) is 5.23. The molecule has 0 saturated carbocycles. The molecule has 0 aromatic heterocycles. The fourth-order valence-electron chi connectivity index (χ4n) is 0.873. The SMILES string of the molecule is CSCCCCNC(=O)C(C)(C)CCl. The first-order valence-corrected chi connectivity index (χ1v) is 6.80. The average Bonchev–Trinajstić information content (AvgIpc) is 2.17. The number of amides is 1. The van der Waals surface area contributed by atoms with Crippen LogP contribution in [0.1, 0.15) is 26.7 Å². The van der Waals surface area contributed by atoms with Crippen molar-refractivity contribution in [2.45, 2.75) is 26.7 Å². The molecule has 0 aliphatic rings. The van der Waals surface area contributed by atoms with Crippen molar-refractivity contribution in [2.24, 2.45) is 5.41 Å². The van der Waals surface area contributed by atoms with Crippen LogP contribution in [0.4, 0.5) is 0 Å². The second kappa shape index (κ2) is 7.41. The quantitative estimate of drug-likeness (QED) is 0.545. The fourth-order valence-corrected chi connectivity index (χ4v) is 1.49. The summed E-state index contributed by atoms with van der Waals surface area (Å²) in [5.41, 5.74) is -0.443. The van der Waals surface area contributed by atoms with Gasteiger partial charge in [-0.05, 0) is 38.7 Å². The molecule has 84 valence electrons. The van der Waals surface area contributed by atoms with E-state index in [4.69, 9.17) is 11.6 Å². The van der Waals surface area contributed by atoms with Crippen LogP contribution in [0.2, 0.25) is 0 Å². The molecule has 0 aliphatic carbocycles. The van der Waals surface area contributed by atoms with Crippen molar-refractivity contribution >= 4 is 29.3 Å². The molecule has 0 aromatic rings. The summed E-state index contributed by atoms with van der Waals surface area (Å²) in [5, 5.41) is 2.90. The highest BCUT2D eigenvalue weighted by molar-refractivity contribution is 7.98. The molecule has 0 radical (unpaired) electrons. The van der Waals surface area contributed by atoms with Gasteiger partial charge in [0.1, 0.15) is 0 Å². The van der Waals surface area contributed by atoms with Crippen molar-refractivity contribution in [1.82, 2.24) is 5.32 Å². The molecule has 0 fully saturated rings. The number of nitrogens with one attached hydrogen (secondary N) is 1. The summed E-state index contributed by atoms with van der Waals surface area (Å²) in [6.45, 7) is 4.48. The van der Waals surface area contributed by atoms with Gasteiger partial charge in [-0.15, -0.1) is 11.6 Å². The number of rotatable bonds is 7. The van der Waals surface area contributed by atoms with Gasteiger partial charge in [-0.2, -0.15) is 11.8 Å². The highest BCUT2D eigenvalue weighted by Gasteiger charge is 2.25. The maximum absolute atomic E-state index is 11.5. The number of carbonyl (C=O) groups is 1. The van der Waals surface area contributed by atoms with E-state index >= 15 is 0 Å². The highest BCUT2D eigenvalue weighted by Crippen LogP contribution is 2.16. The first-order valence-electron chi connectivity index (χ1n) is 4.88. The minimum absolute atomic E-state index is 0.0525. The summed E-state index contributed by atoms with van der Waals surface area (Å²) in [6.07, 6.45) is 4.29. The van der Waals surface area contributed by atoms with Gasteiger partial charge in [0.2, 0.25) is 5.91 Å². The summed E-state index contributed by atoms with van der Waals surface area (Å²) in [6, 6.07) is 0. The van der Waals surface area contributed by atoms with E-state index in [0.29, 0.717) is 5.88 Å². The lowest BCUT2D eigenvalue weighted by Crippen LogP contribution is -2.38. The van der Waals surface area contributed by atoms with Crippen molar-refractivity contribution in [3.05, 3.63) is 0 Å². The molecule has 4 heteroatoms. The van der Waals surface area contributed by atoms with Crippen LogP contribution in [-0.2, 0) is 4.79 Å². The summed E-state index contributed by atoms with van der Waals surface area (Å²) < 4.78 is 0. The van der Waals surface area contributed by atoms with Crippen molar-refractivity contribution in [1.29, 1.82) is 0 Å². The molecule has 0 unspecified atom stereocenters. The van der Waals surface area contributed by atoms with E-state index in [-0.39, 0.29) is 5.91 Å². The standard InChI is InChI=1S/C10H20ClNOS/c1-10(2,8-11)9(13)12-6-4-5-7-14-3/h4-8H2,1-3H3,(H,12,13). The molecule has 0 aromatic carbocycles. The number of unbranched alkanes of at least 4 members (excludes halogenated alkanes) is 1. The molecule has 0 heterocycles.